The van der Waals surface area contributed by atoms with Gasteiger partial charge in [-0.05, 0) is 54.9 Å². The highest BCUT2D eigenvalue weighted by Crippen LogP contribution is 2.45. The van der Waals surface area contributed by atoms with Crippen molar-refractivity contribution in [1.82, 2.24) is 5.32 Å². The SMILES string of the molecule is C1=CC2C(C1)CC2NC(c1cccs1)C1CCCC1. The van der Waals surface area contributed by atoms with Crippen LogP contribution in [0, 0.1) is 17.8 Å². The van der Waals surface area contributed by atoms with E-state index in [2.05, 4.69) is 35.0 Å². The molecule has 2 heteroatoms. The van der Waals surface area contributed by atoms with Crippen molar-refractivity contribution >= 4 is 11.3 Å². The van der Waals surface area contributed by atoms with Crippen molar-refractivity contribution < 1.29 is 0 Å². The third kappa shape index (κ3) is 2.19. The van der Waals surface area contributed by atoms with Gasteiger partial charge in [0.2, 0.25) is 0 Å². The first-order chi connectivity index (χ1) is 9.42. The minimum atomic E-state index is 0.627. The van der Waals surface area contributed by atoms with E-state index in [1.165, 1.54) is 38.5 Å². The number of rotatable bonds is 4. The third-order valence-corrected chi connectivity index (χ3v) is 6.43. The second-order valence-electron chi connectivity index (χ2n) is 6.55. The lowest BCUT2D eigenvalue weighted by molar-refractivity contribution is 0.137. The number of hydrogen-bond acceptors (Lipinski definition) is 2. The molecule has 102 valence electrons. The Morgan fingerprint density at radius 1 is 1.26 bits per heavy atom. The Labute approximate surface area is 120 Å². The molecule has 3 aliphatic rings. The second kappa shape index (κ2) is 5.06. The smallest absolute Gasteiger partial charge is 0.0445 e. The number of nitrogens with one attached hydrogen (secondary N) is 1. The minimum absolute atomic E-state index is 0.627. The Bertz CT molecular complexity index is 444. The summed E-state index contributed by atoms with van der Waals surface area (Å²) >= 11 is 1.94. The van der Waals surface area contributed by atoms with E-state index < -0.39 is 0 Å². The molecular formula is C17H23NS. The molecule has 1 nitrogen and oxygen atoms in total. The lowest BCUT2D eigenvalue weighted by atomic mass is 9.70. The Balaban J connectivity index is 1.49. The molecule has 0 saturated heterocycles. The molecule has 1 N–H and O–H groups in total. The summed E-state index contributed by atoms with van der Waals surface area (Å²) in [7, 11) is 0. The molecule has 0 amide bonds. The second-order valence-corrected chi connectivity index (χ2v) is 7.53. The molecule has 0 spiro atoms. The van der Waals surface area contributed by atoms with Gasteiger partial charge in [0.1, 0.15) is 0 Å². The summed E-state index contributed by atoms with van der Waals surface area (Å²) in [4.78, 5) is 1.57. The summed E-state index contributed by atoms with van der Waals surface area (Å²) in [5, 5.41) is 6.26. The predicted molar refractivity (Wildman–Crippen MR) is 81.3 cm³/mol. The summed E-state index contributed by atoms with van der Waals surface area (Å²) in [6, 6.07) is 5.92. The van der Waals surface area contributed by atoms with Crippen LogP contribution in [0.3, 0.4) is 0 Å². The number of hydrogen-bond donors (Lipinski definition) is 1. The molecule has 3 aliphatic carbocycles. The van der Waals surface area contributed by atoms with Gasteiger partial charge in [-0.3, -0.25) is 0 Å². The zero-order chi connectivity index (χ0) is 12.7. The molecule has 0 aliphatic heterocycles. The van der Waals surface area contributed by atoms with Crippen molar-refractivity contribution in [3.05, 3.63) is 34.5 Å². The average molecular weight is 273 g/mol. The van der Waals surface area contributed by atoms with Gasteiger partial charge in [-0.1, -0.05) is 31.1 Å². The van der Waals surface area contributed by atoms with Gasteiger partial charge < -0.3 is 5.32 Å². The molecule has 1 aromatic heterocycles. The normalized spacial score (nSPS) is 35.3. The topological polar surface area (TPSA) is 12.0 Å². The maximum Gasteiger partial charge on any atom is 0.0445 e. The highest BCUT2D eigenvalue weighted by molar-refractivity contribution is 7.10. The lowest BCUT2D eigenvalue weighted by Crippen LogP contribution is -2.50. The Morgan fingerprint density at radius 3 is 2.89 bits per heavy atom. The van der Waals surface area contributed by atoms with Gasteiger partial charge in [0.05, 0.1) is 0 Å². The van der Waals surface area contributed by atoms with Gasteiger partial charge >= 0.3 is 0 Å². The van der Waals surface area contributed by atoms with E-state index >= 15 is 0 Å². The molecule has 0 aromatic carbocycles. The van der Waals surface area contributed by atoms with Gasteiger partial charge in [0.25, 0.3) is 0 Å². The van der Waals surface area contributed by atoms with Gasteiger partial charge in [0.15, 0.2) is 0 Å². The van der Waals surface area contributed by atoms with Crippen molar-refractivity contribution in [2.24, 2.45) is 17.8 Å². The van der Waals surface area contributed by atoms with Crippen molar-refractivity contribution in [3.8, 4) is 0 Å². The van der Waals surface area contributed by atoms with Crippen LogP contribution in [0.5, 0.6) is 0 Å². The Kier molecular flexibility index (Phi) is 3.24. The van der Waals surface area contributed by atoms with Crippen LogP contribution in [-0.2, 0) is 0 Å². The average Bonchev–Trinajstić information content (AvgIpc) is 3.12. The zero-order valence-electron chi connectivity index (χ0n) is 11.4. The number of fused-ring (bicyclic) bond motifs is 1. The molecule has 0 bridgehead atoms. The quantitative estimate of drug-likeness (QED) is 0.795. The molecule has 1 aromatic rings. The molecule has 4 rings (SSSR count). The van der Waals surface area contributed by atoms with Crippen LogP contribution >= 0.6 is 11.3 Å². The molecule has 4 atom stereocenters. The predicted octanol–water partition coefficient (Wildman–Crippen LogP) is 4.53. The summed E-state index contributed by atoms with van der Waals surface area (Å²) in [5.74, 6) is 2.68. The third-order valence-electron chi connectivity index (χ3n) is 5.48. The van der Waals surface area contributed by atoms with Gasteiger partial charge in [-0.2, -0.15) is 0 Å². The van der Waals surface area contributed by atoms with E-state index in [4.69, 9.17) is 0 Å². The molecule has 1 heterocycles. The monoisotopic (exact) mass is 273 g/mol. The van der Waals surface area contributed by atoms with Crippen LogP contribution in [0.1, 0.15) is 49.4 Å². The Hall–Kier alpha value is -0.600. The fourth-order valence-corrected chi connectivity index (χ4v) is 5.23. The maximum atomic E-state index is 4.03. The molecule has 4 unspecified atom stereocenters. The van der Waals surface area contributed by atoms with Crippen LogP contribution in [0.2, 0.25) is 0 Å². The summed E-state index contributed by atoms with van der Waals surface area (Å²) in [5.41, 5.74) is 0. The van der Waals surface area contributed by atoms with Crippen molar-refractivity contribution in [1.29, 1.82) is 0 Å². The summed E-state index contributed by atoms with van der Waals surface area (Å²) < 4.78 is 0. The van der Waals surface area contributed by atoms with Crippen LogP contribution in [0.4, 0.5) is 0 Å². The molecule has 2 fully saturated rings. The maximum absolute atomic E-state index is 4.03. The molecular weight excluding hydrogens is 250 g/mol. The fourth-order valence-electron chi connectivity index (χ4n) is 4.35. The van der Waals surface area contributed by atoms with E-state index in [1.807, 2.05) is 11.3 Å². The van der Waals surface area contributed by atoms with Gasteiger partial charge in [0, 0.05) is 17.0 Å². The molecule has 0 radical (unpaired) electrons. The van der Waals surface area contributed by atoms with Gasteiger partial charge in [-0.15, -0.1) is 11.3 Å². The summed E-state index contributed by atoms with van der Waals surface area (Å²) in [6.07, 6.45) is 13.3. The largest absolute Gasteiger partial charge is 0.306 e. The van der Waals surface area contributed by atoms with E-state index in [9.17, 15) is 0 Å². The molecule has 19 heavy (non-hydrogen) atoms. The standard InChI is InChI=1S/C17H23NS/c1-2-6-12(5-1)17(16-9-4-10-19-16)18-15-11-13-7-3-8-14(13)15/h3-4,8-10,12-15,17-18H,1-2,5-7,11H2. The van der Waals surface area contributed by atoms with Crippen molar-refractivity contribution in [2.45, 2.75) is 50.6 Å². The van der Waals surface area contributed by atoms with Crippen molar-refractivity contribution in [2.75, 3.05) is 0 Å². The van der Waals surface area contributed by atoms with Crippen molar-refractivity contribution in [3.63, 3.8) is 0 Å². The van der Waals surface area contributed by atoms with Crippen LogP contribution in [-0.4, -0.2) is 6.04 Å². The van der Waals surface area contributed by atoms with Crippen LogP contribution in [0.15, 0.2) is 29.7 Å². The van der Waals surface area contributed by atoms with E-state index in [0.29, 0.717) is 6.04 Å². The zero-order valence-corrected chi connectivity index (χ0v) is 12.2. The Morgan fingerprint density at radius 2 is 2.16 bits per heavy atom. The highest BCUT2D eigenvalue weighted by Gasteiger charge is 2.42. The first-order valence-electron chi connectivity index (χ1n) is 7.88. The van der Waals surface area contributed by atoms with E-state index in [0.717, 1.165) is 23.8 Å². The number of thiophene rings is 1. The molecule has 2 saturated carbocycles. The highest BCUT2D eigenvalue weighted by atomic mass is 32.1. The first kappa shape index (κ1) is 12.2. The van der Waals surface area contributed by atoms with Crippen LogP contribution < -0.4 is 5.32 Å². The van der Waals surface area contributed by atoms with E-state index in [-0.39, 0.29) is 0 Å². The minimum Gasteiger partial charge on any atom is -0.306 e. The number of allylic oxidation sites excluding steroid dienone is 1. The fraction of sp³-hybridized carbons (Fsp3) is 0.647. The van der Waals surface area contributed by atoms with Gasteiger partial charge in [-0.25, -0.2) is 0 Å². The van der Waals surface area contributed by atoms with E-state index in [1.54, 1.807) is 4.88 Å². The lowest BCUT2D eigenvalue weighted by Gasteiger charge is -2.43. The van der Waals surface area contributed by atoms with Crippen LogP contribution in [0.25, 0.3) is 0 Å². The summed E-state index contributed by atoms with van der Waals surface area (Å²) in [6.45, 7) is 0. The first-order valence-corrected chi connectivity index (χ1v) is 8.76.